The van der Waals surface area contributed by atoms with E-state index in [0.717, 1.165) is 43.9 Å². The lowest BCUT2D eigenvalue weighted by Crippen LogP contribution is -2.31. The smallest absolute Gasteiger partial charge is 0.128 e. The number of unbranched alkanes of at least 4 members (excludes halogenated alkanes) is 2. The highest BCUT2D eigenvalue weighted by atomic mass is 32.1. The van der Waals surface area contributed by atoms with E-state index in [4.69, 9.17) is 9.47 Å². The second-order valence-electron chi connectivity index (χ2n) is 17.2. The molecule has 346 valence electrons. The Kier molecular flexibility index (Phi) is 18.4. The van der Waals surface area contributed by atoms with Gasteiger partial charge in [0.15, 0.2) is 0 Å². The molecule has 8 rings (SSSR count). The molecule has 0 saturated carbocycles. The van der Waals surface area contributed by atoms with Crippen LogP contribution >= 0.6 is 55.0 Å². The Hall–Kier alpha value is -2.96. The molecule has 10 heteroatoms. The Bertz CT molecular complexity index is 2410. The van der Waals surface area contributed by atoms with Crippen LogP contribution in [0.1, 0.15) is 113 Å². The molecule has 2 saturated heterocycles. The summed E-state index contributed by atoms with van der Waals surface area (Å²) in [5.41, 5.74) is 9.78. The minimum absolute atomic E-state index is 0.298. The van der Waals surface area contributed by atoms with Crippen LogP contribution in [0.4, 0.5) is 0 Å². The number of hydrogen-bond donors (Lipinski definition) is 0. The van der Waals surface area contributed by atoms with Crippen LogP contribution < -0.4 is 29.3 Å². The van der Waals surface area contributed by atoms with Gasteiger partial charge in [0.05, 0.1) is 22.3 Å². The Morgan fingerprint density at radius 2 is 1.26 bits per heavy atom. The number of thiophene rings is 2. The lowest BCUT2D eigenvalue weighted by Gasteiger charge is -2.42. The summed E-state index contributed by atoms with van der Waals surface area (Å²) in [5, 5.41) is 7.16. The van der Waals surface area contributed by atoms with Crippen molar-refractivity contribution in [3.05, 3.63) is 173 Å². The summed E-state index contributed by atoms with van der Waals surface area (Å²) in [7, 11) is 0.791. The fourth-order valence-electron chi connectivity index (χ4n) is 10.1. The van der Waals surface area contributed by atoms with Crippen LogP contribution in [0.25, 0.3) is 0 Å². The molecule has 66 heavy (non-hydrogen) atoms. The van der Waals surface area contributed by atoms with Crippen molar-refractivity contribution in [3.8, 4) is 11.5 Å². The highest BCUT2D eigenvalue weighted by Crippen LogP contribution is 2.80. The zero-order valence-corrected chi connectivity index (χ0v) is 44.9. The van der Waals surface area contributed by atoms with Gasteiger partial charge in [0, 0.05) is 58.0 Å². The number of ether oxygens (including phenoxy) is 2. The van der Waals surface area contributed by atoms with Crippen LogP contribution in [0.5, 0.6) is 11.5 Å². The fourth-order valence-corrected chi connectivity index (χ4v) is 28.5. The number of methoxy groups -OCH3 is 2. The number of rotatable bonds is 21. The third-order valence-electron chi connectivity index (χ3n) is 13.2. The lowest BCUT2D eigenvalue weighted by atomic mass is 9.87. The number of nitrogens with zero attached hydrogens (tertiary/aromatic N) is 2. The van der Waals surface area contributed by atoms with Crippen LogP contribution in [0.2, 0.25) is 0 Å². The first kappa shape index (κ1) is 49.5. The summed E-state index contributed by atoms with van der Waals surface area (Å²) >= 11 is 3.89. The Balaban J connectivity index is 1.31. The summed E-state index contributed by atoms with van der Waals surface area (Å²) in [4.78, 5) is 0. The summed E-state index contributed by atoms with van der Waals surface area (Å²) < 4.78 is 22.1. The molecule has 8 atom stereocenters. The molecular formula is C56H68N2O2P4S2. The quantitative estimate of drug-likeness (QED) is 0.0530. The molecule has 4 heterocycles. The highest BCUT2D eigenvalue weighted by molar-refractivity contribution is 7.86. The van der Waals surface area contributed by atoms with Gasteiger partial charge >= 0.3 is 0 Å². The molecule has 0 amide bonds. The first-order valence-electron chi connectivity index (χ1n) is 24.1. The zero-order valence-electron chi connectivity index (χ0n) is 39.7. The molecule has 6 aromatic rings. The molecule has 0 spiro atoms. The van der Waals surface area contributed by atoms with Crippen LogP contribution in [-0.4, -0.2) is 47.5 Å². The van der Waals surface area contributed by atoms with E-state index < -0.39 is 32.3 Å². The van der Waals surface area contributed by atoms with Crippen molar-refractivity contribution in [2.45, 2.75) is 108 Å². The van der Waals surface area contributed by atoms with E-state index in [1.165, 1.54) is 68.6 Å². The molecule has 4 aromatic carbocycles. The molecule has 0 bridgehead atoms. The van der Waals surface area contributed by atoms with Gasteiger partial charge in [-0.2, -0.15) is 0 Å². The molecule has 2 aliphatic rings. The maximum atomic E-state index is 6.73. The SMILES string of the molecule is CC=C=CC1CC[C@@H](CC)P1N(CCCC)P(c1ccccc1OC)c1ccc(C2C[C@@H](c3ccccc3)P(N(CCCC)P(c3cccs3)c3cccs3)[C@@H]2c2ccccc2)cc1OC. The van der Waals surface area contributed by atoms with Crippen LogP contribution in [0.15, 0.2) is 156 Å². The van der Waals surface area contributed by atoms with Gasteiger partial charge in [-0.15, -0.1) is 28.4 Å². The highest BCUT2D eigenvalue weighted by Gasteiger charge is 2.50. The molecule has 0 aliphatic carbocycles. The second-order valence-corrected chi connectivity index (χ2v) is 29.6. The molecule has 2 aliphatic heterocycles. The number of hydrogen-bond acceptors (Lipinski definition) is 6. The number of benzene rings is 4. The summed E-state index contributed by atoms with van der Waals surface area (Å²) in [6.07, 6.45) is 13.9. The lowest BCUT2D eigenvalue weighted by molar-refractivity contribution is 0.416. The van der Waals surface area contributed by atoms with Crippen molar-refractivity contribution in [1.82, 2.24) is 8.88 Å². The second kappa shape index (κ2) is 24.5. The van der Waals surface area contributed by atoms with Gasteiger partial charge in [0.1, 0.15) is 11.5 Å². The maximum absolute atomic E-state index is 6.73. The Morgan fingerprint density at radius 1 is 0.652 bits per heavy atom. The Labute approximate surface area is 409 Å². The topological polar surface area (TPSA) is 24.9 Å². The standard InChI is InChI=1S/C56H68N2O2P4S2/c1-7-11-28-47-35-34-46(10-4)61(47)57(37-12-8-2)62(51-30-21-20-29-49(51)59-5)52-36-33-45(41-50(52)60-6)48-42-53(43-24-16-14-17-25-43)63(56(48)44-26-18-15-19-27-44)58(38-13-9-3)64(54-31-22-39-65-54)55-32-23-40-66-55/h7,14-33,36,39-41,46-48,53,56H,8-10,12-13,34-35,37-38,42H2,1-6H3/t11?,46-,47?,48?,53+,56-,61?,62?,63?/m1/s1. The summed E-state index contributed by atoms with van der Waals surface area (Å²) in [5.74, 6) is 2.28. The molecule has 2 fully saturated rings. The molecule has 0 N–H and O–H groups in total. The molecule has 5 unspecified atom stereocenters. The number of para-hydroxylation sites is 1. The van der Waals surface area contributed by atoms with Gasteiger partial charge in [-0.05, 0) is 149 Å². The van der Waals surface area contributed by atoms with E-state index in [1.54, 1.807) is 0 Å². The summed E-state index contributed by atoms with van der Waals surface area (Å²) in [6, 6.07) is 48.9. The molecule has 0 radical (unpaired) electrons. The number of allylic oxidation sites excluding steroid dienone is 1. The molecular weight excluding hydrogens is 921 g/mol. The van der Waals surface area contributed by atoms with Gasteiger partial charge in [-0.25, -0.2) is 0 Å². The van der Waals surface area contributed by atoms with Crippen molar-refractivity contribution in [2.24, 2.45) is 0 Å². The predicted octanol–water partition coefficient (Wildman–Crippen LogP) is 15.9. The largest absolute Gasteiger partial charge is 0.496 e. The van der Waals surface area contributed by atoms with Gasteiger partial charge in [0.2, 0.25) is 0 Å². The van der Waals surface area contributed by atoms with E-state index in [0.29, 0.717) is 28.6 Å². The van der Waals surface area contributed by atoms with Crippen molar-refractivity contribution >= 4 is 74.8 Å². The van der Waals surface area contributed by atoms with Gasteiger partial charge in [-0.1, -0.05) is 125 Å². The van der Waals surface area contributed by atoms with Crippen molar-refractivity contribution < 1.29 is 9.47 Å². The van der Waals surface area contributed by atoms with E-state index in [2.05, 4.69) is 193 Å². The molecule has 4 nitrogen and oxygen atoms in total. The van der Waals surface area contributed by atoms with Crippen LogP contribution in [0.3, 0.4) is 0 Å². The minimum atomic E-state index is -1.01. The monoisotopic (exact) mass is 988 g/mol. The van der Waals surface area contributed by atoms with Gasteiger partial charge < -0.3 is 9.47 Å². The predicted molar refractivity (Wildman–Crippen MR) is 295 cm³/mol. The van der Waals surface area contributed by atoms with Crippen LogP contribution in [-0.2, 0) is 0 Å². The zero-order chi connectivity index (χ0) is 45.8. The van der Waals surface area contributed by atoms with Crippen molar-refractivity contribution in [3.63, 3.8) is 0 Å². The third-order valence-corrected chi connectivity index (χ3v) is 29.0. The normalized spacial score (nSPS) is 22.2. The summed E-state index contributed by atoms with van der Waals surface area (Å²) in [6.45, 7) is 11.4. The van der Waals surface area contributed by atoms with E-state index >= 15 is 0 Å². The minimum Gasteiger partial charge on any atom is -0.496 e. The average molecular weight is 989 g/mol. The third kappa shape index (κ3) is 10.9. The first-order chi connectivity index (χ1) is 32.5. The van der Waals surface area contributed by atoms with E-state index in [9.17, 15) is 0 Å². The van der Waals surface area contributed by atoms with Crippen LogP contribution in [0, 0.1) is 0 Å². The van der Waals surface area contributed by atoms with Crippen molar-refractivity contribution in [2.75, 3.05) is 27.3 Å². The first-order valence-corrected chi connectivity index (χ1v) is 31.3. The maximum Gasteiger partial charge on any atom is 0.128 e. The fraction of sp³-hybridized carbons (Fsp3) is 0.375. The van der Waals surface area contributed by atoms with Gasteiger partial charge in [-0.3, -0.25) is 8.88 Å². The molecule has 2 aromatic heterocycles. The van der Waals surface area contributed by atoms with E-state index in [1.807, 2.05) is 36.9 Å². The van der Waals surface area contributed by atoms with E-state index in [-0.39, 0.29) is 0 Å². The average Bonchev–Trinajstić information content (AvgIpc) is 4.22. The van der Waals surface area contributed by atoms with Crippen molar-refractivity contribution in [1.29, 1.82) is 0 Å². The Morgan fingerprint density at radius 3 is 1.85 bits per heavy atom. The van der Waals surface area contributed by atoms with Gasteiger partial charge in [0.25, 0.3) is 0 Å².